The van der Waals surface area contributed by atoms with E-state index in [1.807, 2.05) is 0 Å². The topological polar surface area (TPSA) is 127 Å². The van der Waals surface area contributed by atoms with Gasteiger partial charge in [-0.2, -0.15) is 13.5 Å². The number of pyridine rings is 1. The van der Waals surface area contributed by atoms with Crippen LogP contribution in [0.15, 0.2) is 48.8 Å². The van der Waals surface area contributed by atoms with Gasteiger partial charge >= 0.3 is 12.6 Å². The fourth-order valence-electron chi connectivity index (χ4n) is 4.72. The molecular formula is C31H32Cl2F2N2O8S. The van der Waals surface area contributed by atoms with E-state index in [2.05, 4.69) is 9.46 Å². The highest BCUT2D eigenvalue weighted by Crippen LogP contribution is 2.39. The molecule has 1 aromatic heterocycles. The van der Waals surface area contributed by atoms with Crippen molar-refractivity contribution >= 4 is 40.1 Å². The summed E-state index contributed by atoms with van der Waals surface area (Å²) in [7, 11) is -2.89. The van der Waals surface area contributed by atoms with Crippen LogP contribution in [0.2, 0.25) is 10.0 Å². The van der Waals surface area contributed by atoms with Crippen LogP contribution in [0.25, 0.3) is 0 Å². The van der Waals surface area contributed by atoms with E-state index in [9.17, 15) is 27.2 Å². The summed E-state index contributed by atoms with van der Waals surface area (Å²) in [5.41, 5.74) is 1.33. The lowest BCUT2D eigenvalue weighted by Gasteiger charge is -2.22. The standard InChI is InChI=1S/C31H32Cl2F2N2O8S/c1-17(36-46(40)41)22-8-6-21(11-28(22)42-15-18-2-3-18)30(38)44-27(12-23-24(32)13-37(39)14-25(23)33)20-7-9-26(45-31(34)35)29(10-20)43-16-19-4-5-19/h6-11,13-14,17-19,27,31,46H,2-5,12,15-16H2,1H3,(H,36,40,41). The van der Waals surface area contributed by atoms with Crippen molar-refractivity contribution in [2.75, 3.05) is 13.2 Å². The molecule has 46 heavy (non-hydrogen) atoms. The Bertz CT molecular complexity index is 1620. The van der Waals surface area contributed by atoms with Crippen LogP contribution in [0, 0.1) is 17.0 Å². The van der Waals surface area contributed by atoms with Gasteiger partial charge < -0.3 is 24.2 Å². The second-order valence-corrected chi connectivity index (χ2v) is 12.9. The Morgan fingerprint density at radius 3 is 2.20 bits per heavy atom. The SMILES string of the molecule is CC(N[SH](=O)=O)c1ccc(C(=O)OC(Cc2c(Cl)c[n+]([O-])cc2Cl)c2ccc(OC(F)F)c(OCC3CC3)c2)cc1OCC1CC1. The van der Waals surface area contributed by atoms with Gasteiger partial charge in [0.15, 0.2) is 23.9 Å². The lowest BCUT2D eigenvalue weighted by Crippen LogP contribution is -2.25. The van der Waals surface area contributed by atoms with Crippen LogP contribution in [-0.4, -0.2) is 34.2 Å². The van der Waals surface area contributed by atoms with Crippen molar-refractivity contribution in [3.05, 3.63) is 86.3 Å². The lowest BCUT2D eigenvalue weighted by molar-refractivity contribution is -0.605. The monoisotopic (exact) mass is 700 g/mol. The maximum Gasteiger partial charge on any atom is 0.387 e. The fourth-order valence-corrected chi connectivity index (χ4v) is 5.78. The summed E-state index contributed by atoms with van der Waals surface area (Å²) >= 11 is 12.7. The molecule has 2 aliphatic carbocycles. The van der Waals surface area contributed by atoms with Crippen molar-refractivity contribution in [1.29, 1.82) is 0 Å². The number of halogens is 4. The first kappa shape index (κ1) is 34.0. The highest BCUT2D eigenvalue weighted by Gasteiger charge is 2.28. The molecule has 0 amide bonds. The van der Waals surface area contributed by atoms with Gasteiger partial charge in [0.25, 0.3) is 0 Å². The summed E-state index contributed by atoms with van der Waals surface area (Å²) in [6.45, 7) is -0.722. The molecule has 2 fully saturated rings. The smallest absolute Gasteiger partial charge is 0.387 e. The summed E-state index contributed by atoms with van der Waals surface area (Å²) in [4.78, 5) is 13.7. The normalized spacial score (nSPS) is 15.9. The van der Waals surface area contributed by atoms with E-state index in [1.54, 1.807) is 13.0 Å². The van der Waals surface area contributed by atoms with Crippen LogP contribution in [-0.2, 0) is 22.0 Å². The van der Waals surface area contributed by atoms with Crippen LogP contribution in [0.3, 0.4) is 0 Å². The number of aromatic nitrogens is 1. The molecule has 248 valence electrons. The second-order valence-electron chi connectivity index (χ2n) is 11.3. The van der Waals surface area contributed by atoms with Crippen LogP contribution in [0.4, 0.5) is 8.78 Å². The van der Waals surface area contributed by atoms with Gasteiger partial charge in [0.1, 0.15) is 21.9 Å². The molecule has 2 atom stereocenters. The summed E-state index contributed by atoms with van der Waals surface area (Å²) in [6, 6.07) is 8.16. The van der Waals surface area contributed by atoms with Crippen LogP contribution < -0.4 is 23.7 Å². The van der Waals surface area contributed by atoms with Crippen molar-refractivity contribution in [2.24, 2.45) is 11.8 Å². The Hall–Kier alpha value is -3.39. The zero-order chi connectivity index (χ0) is 33.0. The quantitative estimate of drug-likeness (QED) is 0.0792. The van der Waals surface area contributed by atoms with Gasteiger partial charge in [-0.15, -0.1) is 0 Å². The van der Waals surface area contributed by atoms with E-state index in [-0.39, 0.29) is 33.5 Å². The summed E-state index contributed by atoms with van der Waals surface area (Å²) in [6.07, 6.45) is 5.02. The molecule has 0 aliphatic heterocycles. The molecular weight excluding hydrogens is 669 g/mol. The number of ether oxygens (including phenoxy) is 4. The van der Waals surface area contributed by atoms with E-state index < -0.39 is 35.6 Å². The second kappa shape index (κ2) is 15.0. The molecule has 2 unspecified atom stereocenters. The van der Waals surface area contributed by atoms with Gasteiger partial charge in [-0.3, -0.25) is 0 Å². The van der Waals surface area contributed by atoms with E-state index in [4.69, 9.17) is 37.4 Å². The highest BCUT2D eigenvalue weighted by atomic mass is 35.5. The number of thiol groups is 1. The van der Waals surface area contributed by atoms with Gasteiger partial charge in [-0.25, -0.2) is 17.9 Å². The number of esters is 1. The molecule has 0 radical (unpaired) electrons. The minimum Gasteiger partial charge on any atom is -0.619 e. The average molecular weight is 702 g/mol. The zero-order valence-electron chi connectivity index (χ0n) is 24.6. The molecule has 5 rings (SSSR count). The number of benzene rings is 2. The molecule has 0 saturated heterocycles. The van der Waals surface area contributed by atoms with Crippen molar-refractivity contribution in [2.45, 2.75) is 57.8 Å². The van der Waals surface area contributed by atoms with Crippen molar-refractivity contribution < 1.29 is 45.7 Å². The lowest BCUT2D eigenvalue weighted by atomic mass is 10.0. The number of carbonyl (C=O) groups is 1. The van der Waals surface area contributed by atoms with Crippen molar-refractivity contribution in [3.63, 3.8) is 0 Å². The average Bonchev–Trinajstić information content (AvgIpc) is 3.92. The first-order chi connectivity index (χ1) is 22.0. The largest absolute Gasteiger partial charge is 0.619 e. The molecule has 2 saturated carbocycles. The number of rotatable bonds is 16. The van der Waals surface area contributed by atoms with Crippen LogP contribution in [0.5, 0.6) is 17.2 Å². The van der Waals surface area contributed by atoms with Gasteiger partial charge in [0, 0.05) is 23.6 Å². The number of carbonyl (C=O) groups excluding carboxylic acids is 1. The minimum atomic E-state index is -3.09. The van der Waals surface area contributed by atoms with Crippen LogP contribution >= 0.6 is 23.2 Å². The van der Waals surface area contributed by atoms with Crippen molar-refractivity contribution in [1.82, 2.24) is 4.72 Å². The summed E-state index contributed by atoms with van der Waals surface area (Å²) < 4.78 is 74.3. The van der Waals surface area contributed by atoms with Gasteiger partial charge in [0.2, 0.25) is 10.9 Å². The first-order valence-corrected chi connectivity index (χ1v) is 16.6. The number of hydrogen-bond donors (Lipinski definition) is 2. The number of nitrogens with zero attached hydrogens (tertiary/aromatic N) is 1. The summed E-state index contributed by atoms with van der Waals surface area (Å²) in [5, 5.41) is 11.9. The minimum absolute atomic E-state index is 0.0321. The third kappa shape index (κ3) is 9.34. The Morgan fingerprint density at radius 2 is 1.61 bits per heavy atom. The van der Waals surface area contributed by atoms with E-state index in [0.717, 1.165) is 38.1 Å². The Balaban J connectivity index is 1.47. The van der Waals surface area contributed by atoms with Gasteiger partial charge in [-0.1, -0.05) is 35.3 Å². The third-order valence-corrected chi connectivity index (χ3v) is 8.86. The molecule has 2 aliphatic rings. The van der Waals surface area contributed by atoms with E-state index >= 15 is 0 Å². The predicted molar refractivity (Wildman–Crippen MR) is 165 cm³/mol. The Kier molecular flexibility index (Phi) is 11.1. The Labute approximate surface area is 276 Å². The number of alkyl halides is 2. The molecule has 1 heterocycles. The molecule has 15 heteroatoms. The third-order valence-electron chi connectivity index (χ3n) is 7.61. The van der Waals surface area contributed by atoms with Crippen LogP contribution in [0.1, 0.15) is 71.8 Å². The van der Waals surface area contributed by atoms with E-state index in [0.29, 0.717) is 52.2 Å². The molecule has 10 nitrogen and oxygen atoms in total. The highest BCUT2D eigenvalue weighted by molar-refractivity contribution is 7.70. The molecule has 2 aromatic carbocycles. The maximum atomic E-state index is 13.7. The predicted octanol–water partition coefficient (Wildman–Crippen LogP) is 6.12. The molecule has 0 spiro atoms. The first-order valence-electron chi connectivity index (χ1n) is 14.6. The molecule has 1 N–H and O–H groups in total. The number of nitrogens with one attached hydrogen (secondary N) is 1. The molecule has 3 aromatic rings. The fraction of sp³-hybridized carbons (Fsp3) is 0.419. The van der Waals surface area contributed by atoms with Gasteiger partial charge in [0.05, 0.1) is 18.8 Å². The molecule has 0 bridgehead atoms. The van der Waals surface area contributed by atoms with E-state index in [1.165, 1.54) is 30.3 Å². The van der Waals surface area contributed by atoms with Crippen molar-refractivity contribution in [3.8, 4) is 17.2 Å². The zero-order valence-corrected chi connectivity index (χ0v) is 27.0. The van der Waals surface area contributed by atoms with Gasteiger partial charge in [-0.05, 0) is 74.3 Å². The summed E-state index contributed by atoms with van der Waals surface area (Å²) in [5.74, 6) is 0.125. The maximum absolute atomic E-state index is 13.7. The Morgan fingerprint density at radius 1 is 0.978 bits per heavy atom. The number of hydrogen-bond acceptors (Lipinski definition) is 8.